The minimum Gasteiger partial charge on any atom is -0.308 e. The van der Waals surface area contributed by atoms with Gasteiger partial charge in [0.05, 0.1) is 11.2 Å². The van der Waals surface area contributed by atoms with Gasteiger partial charge in [-0.2, -0.15) is 5.10 Å². The van der Waals surface area contributed by atoms with Crippen LogP contribution in [-0.2, 0) is 6.54 Å². The maximum absolute atomic E-state index is 14.1. The molecule has 1 aromatic heterocycles. The molecular formula is C14H16ClF2N3. The van der Waals surface area contributed by atoms with Crippen molar-refractivity contribution in [2.45, 2.75) is 32.9 Å². The second-order valence-corrected chi connectivity index (χ2v) is 6.05. The Kier molecular flexibility index (Phi) is 4.11. The van der Waals surface area contributed by atoms with E-state index in [0.717, 1.165) is 4.68 Å². The van der Waals surface area contributed by atoms with Crippen LogP contribution in [-0.4, -0.2) is 15.3 Å². The zero-order valence-electron chi connectivity index (χ0n) is 11.5. The third kappa shape index (κ3) is 3.55. The number of halogens is 3. The second kappa shape index (κ2) is 5.50. The van der Waals surface area contributed by atoms with E-state index in [2.05, 4.69) is 10.4 Å². The smallest absolute Gasteiger partial charge is 0.152 e. The fourth-order valence-corrected chi connectivity index (χ4v) is 1.87. The molecule has 0 amide bonds. The number of hydrogen-bond donors (Lipinski definition) is 1. The Balaban J connectivity index is 2.30. The topological polar surface area (TPSA) is 29.9 Å². The van der Waals surface area contributed by atoms with Crippen molar-refractivity contribution in [2.24, 2.45) is 0 Å². The summed E-state index contributed by atoms with van der Waals surface area (Å²) < 4.78 is 29.2. The summed E-state index contributed by atoms with van der Waals surface area (Å²) in [6, 6.07) is 2.60. The van der Waals surface area contributed by atoms with Crippen LogP contribution in [0, 0.1) is 11.6 Å². The molecule has 0 spiro atoms. The zero-order valence-corrected chi connectivity index (χ0v) is 12.3. The Morgan fingerprint density at radius 1 is 1.25 bits per heavy atom. The van der Waals surface area contributed by atoms with E-state index in [-0.39, 0.29) is 11.2 Å². The van der Waals surface area contributed by atoms with Crippen LogP contribution in [0.5, 0.6) is 0 Å². The molecule has 1 heterocycles. The summed E-state index contributed by atoms with van der Waals surface area (Å²) in [5.41, 5.74) is 0.189. The van der Waals surface area contributed by atoms with Crippen LogP contribution in [0.3, 0.4) is 0 Å². The van der Waals surface area contributed by atoms with Crippen molar-refractivity contribution in [3.05, 3.63) is 46.7 Å². The highest BCUT2D eigenvalue weighted by Gasteiger charge is 2.15. The van der Waals surface area contributed by atoms with E-state index >= 15 is 0 Å². The van der Waals surface area contributed by atoms with E-state index in [9.17, 15) is 8.78 Å². The van der Waals surface area contributed by atoms with Crippen LogP contribution in [0.25, 0.3) is 5.69 Å². The fraction of sp³-hybridized carbons (Fsp3) is 0.357. The monoisotopic (exact) mass is 299 g/mol. The van der Waals surface area contributed by atoms with Crippen LogP contribution < -0.4 is 5.32 Å². The third-order valence-electron chi connectivity index (χ3n) is 2.68. The van der Waals surface area contributed by atoms with Crippen molar-refractivity contribution in [2.75, 3.05) is 0 Å². The van der Waals surface area contributed by atoms with Crippen LogP contribution in [0.4, 0.5) is 8.78 Å². The van der Waals surface area contributed by atoms with Gasteiger partial charge in [-0.3, -0.25) is 0 Å². The SMILES string of the molecule is CC(C)(C)NCc1cc(F)c(-n2cc(Cl)cn2)c(F)c1. The Morgan fingerprint density at radius 3 is 2.30 bits per heavy atom. The van der Waals surface area contributed by atoms with Crippen molar-refractivity contribution < 1.29 is 8.78 Å². The molecule has 2 rings (SSSR count). The molecule has 0 saturated heterocycles. The molecular weight excluding hydrogens is 284 g/mol. The third-order valence-corrected chi connectivity index (χ3v) is 2.87. The average Bonchev–Trinajstić information content (AvgIpc) is 2.71. The van der Waals surface area contributed by atoms with Gasteiger partial charge in [0.15, 0.2) is 11.6 Å². The maximum Gasteiger partial charge on any atom is 0.152 e. The number of hydrogen-bond acceptors (Lipinski definition) is 2. The summed E-state index contributed by atoms with van der Waals surface area (Å²) in [5, 5.41) is 7.31. The minimum absolute atomic E-state index is 0.124. The fourth-order valence-electron chi connectivity index (χ4n) is 1.73. The highest BCUT2D eigenvalue weighted by molar-refractivity contribution is 6.30. The normalized spacial score (nSPS) is 11.9. The van der Waals surface area contributed by atoms with E-state index < -0.39 is 11.6 Å². The van der Waals surface area contributed by atoms with E-state index in [0.29, 0.717) is 17.1 Å². The van der Waals surface area contributed by atoms with Gasteiger partial charge >= 0.3 is 0 Å². The molecule has 0 atom stereocenters. The summed E-state index contributed by atoms with van der Waals surface area (Å²) in [5.74, 6) is -1.34. The van der Waals surface area contributed by atoms with Gasteiger partial charge in [-0.15, -0.1) is 0 Å². The molecule has 1 N–H and O–H groups in total. The van der Waals surface area contributed by atoms with Gasteiger partial charge in [0.1, 0.15) is 5.69 Å². The van der Waals surface area contributed by atoms with Crippen molar-refractivity contribution in [1.82, 2.24) is 15.1 Å². The van der Waals surface area contributed by atoms with Crippen molar-refractivity contribution >= 4 is 11.6 Å². The standard InChI is InChI=1S/C14H16ClF2N3/c1-14(2,3)18-6-9-4-11(16)13(12(17)5-9)20-8-10(15)7-19-20/h4-5,7-8,18H,6H2,1-3H3. The predicted molar refractivity (Wildman–Crippen MR) is 75.1 cm³/mol. The Hall–Kier alpha value is -1.46. The van der Waals surface area contributed by atoms with Crippen molar-refractivity contribution in [3.63, 3.8) is 0 Å². The molecule has 0 aliphatic heterocycles. The highest BCUT2D eigenvalue weighted by atomic mass is 35.5. The predicted octanol–water partition coefficient (Wildman–Crippen LogP) is 3.69. The lowest BCUT2D eigenvalue weighted by Gasteiger charge is -2.20. The average molecular weight is 300 g/mol. The molecule has 0 radical (unpaired) electrons. The summed E-state index contributed by atoms with van der Waals surface area (Å²) in [6.45, 7) is 6.34. The molecule has 20 heavy (non-hydrogen) atoms. The van der Waals surface area contributed by atoms with Crippen molar-refractivity contribution in [3.8, 4) is 5.69 Å². The Labute approximate surface area is 121 Å². The molecule has 3 nitrogen and oxygen atoms in total. The first-order valence-corrected chi connectivity index (χ1v) is 6.57. The van der Waals surface area contributed by atoms with Gasteiger partial charge in [0, 0.05) is 18.3 Å². The van der Waals surface area contributed by atoms with Gasteiger partial charge in [-0.05, 0) is 38.5 Å². The van der Waals surface area contributed by atoms with Crippen LogP contribution in [0.1, 0.15) is 26.3 Å². The number of nitrogens with zero attached hydrogens (tertiary/aromatic N) is 2. The molecule has 0 fully saturated rings. The summed E-state index contributed by atoms with van der Waals surface area (Å²) >= 11 is 5.71. The molecule has 0 aliphatic rings. The van der Waals surface area contributed by atoms with Crippen LogP contribution >= 0.6 is 11.6 Å². The van der Waals surface area contributed by atoms with Gasteiger partial charge in [-0.25, -0.2) is 13.5 Å². The van der Waals surface area contributed by atoms with Gasteiger partial charge in [0.25, 0.3) is 0 Å². The molecule has 0 unspecified atom stereocenters. The molecule has 108 valence electrons. The van der Waals surface area contributed by atoms with Gasteiger partial charge < -0.3 is 5.32 Å². The lowest BCUT2D eigenvalue weighted by atomic mass is 10.1. The van der Waals surface area contributed by atoms with E-state index in [4.69, 9.17) is 11.6 Å². The second-order valence-electron chi connectivity index (χ2n) is 5.61. The zero-order chi connectivity index (χ0) is 14.9. The van der Waals surface area contributed by atoms with E-state index in [1.807, 2.05) is 20.8 Å². The molecule has 1 aromatic carbocycles. The molecule has 0 bridgehead atoms. The number of benzene rings is 1. The lowest BCUT2D eigenvalue weighted by Crippen LogP contribution is -2.35. The minimum atomic E-state index is -0.671. The Morgan fingerprint density at radius 2 is 1.85 bits per heavy atom. The molecule has 0 aliphatic carbocycles. The van der Waals surface area contributed by atoms with E-state index in [1.165, 1.54) is 24.5 Å². The first-order chi connectivity index (χ1) is 9.26. The van der Waals surface area contributed by atoms with Gasteiger partial charge in [-0.1, -0.05) is 11.6 Å². The van der Waals surface area contributed by atoms with Crippen LogP contribution in [0.2, 0.25) is 5.02 Å². The summed E-state index contributed by atoms with van der Waals surface area (Å²) in [6.07, 6.45) is 2.69. The maximum atomic E-state index is 14.1. The molecule has 2 aromatic rings. The number of rotatable bonds is 3. The summed E-state index contributed by atoms with van der Waals surface area (Å²) in [4.78, 5) is 0. The number of nitrogens with one attached hydrogen (secondary N) is 1. The first kappa shape index (κ1) is 14.9. The highest BCUT2D eigenvalue weighted by Crippen LogP contribution is 2.21. The molecule has 0 saturated carbocycles. The number of aromatic nitrogens is 2. The quantitative estimate of drug-likeness (QED) is 0.937. The lowest BCUT2D eigenvalue weighted by molar-refractivity contribution is 0.422. The summed E-state index contributed by atoms with van der Waals surface area (Å²) in [7, 11) is 0. The van der Waals surface area contributed by atoms with Crippen LogP contribution in [0.15, 0.2) is 24.5 Å². The first-order valence-electron chi connectivity index (χ1n) is 6.20. The Bertz CT molecular complexity index is 594. The van der Waals surface area contributed by atoms with E-state index in [1.54, 1.807) is 0 Å². The largest absolute Gasteiger partial charge is 0.308 e. The van der Waals surface area contributed by atoms with Gasteiger partial charge in [0.2, 0.25) is 0 Å². The van der Waals surface area contributed by atoms with Crippen molar-refractivity contribution in [1.29, 1.82) is 0 Å². The molecule has 6 heteroatoms.